The molecule has 3 aromatic rings. The van der Waals surface area contributed by atoms with Gasteiger partial charge in [-0.2, -0.15) is 0 Å². The fourth-order valence-corrected chi connectivity index (χ4v) is 2.65. The quantitative estimate of drug-likeness (QED) is 0.617. The van der Waals surface area contributed by atoms with E-state index in [1.807, 2.05) is 61.5 Å². The topological polar surface area (TPSA) is 67.4 Å². The Hall–Kier alpha value is -3.86. The Bertz CT molecular complexity index is 1010. The first-order valence-corrected chi connectivity index (χ1v) is 9.15. The molecule has 0 fully saturated rings. The van der Waals surface area contributed by atoms with Crippen LogP contribution in [-0.4, -0.2) is 18.9 Å². The summed E-state index contributed by atoms with van der Waals surface area (Å²) in [6.45, 7) is 1.97. The summed E-state index contributed by atoms with van der Waals surface area (Å²) in [5.41, 5.74) is 3.12. The van der Waals surface area contributed by atoms with E-state index in [2.05, 4.69) is 10.6 Å². The zero-order valence-corrected chi connectivity index (χ0v) is 16.3. The van der Waals surface area contributed by atoms with Crippen molar-refractivity contribution in [2.75, 3.05) is 12.4 Å². The lowest BCUT2D eigenvalue weighted by molar-refractivity contribution is -0.113. The molecule has 0 unspecified atom stereocenters. The van der Waals surface area contributed by atoms with Gasteiger partial charge in [0.2, 0.25) is 0 Å². The van der Waals surface area contributed by atoms with Gasteiger partial charge in [0.1, 0.15) is 11.4 Å². The highest BCUT2D eigenvalue weighted by atomic mass is 16.5. The zero-order valence-electron chi connectivity index (χ0n) is 16.3. The average Bonchev–Trinajstić information content (AvgIpc) is 2.75. The number of hydrogen-bond acceptors (Lipinski definition) is 3. The molecule has 146 valence electrons. The molecule has 0 aromatic heterocycles. The summed E-state index contributed by atoms with van der Waals surface area (Å²) in [5.74, 6) is -0.132. The zero-order chi connectivity index (χ0) is 20.6. The van der Waals surface area contributed by atoms with Crippen molar-refractivity contribution in [1.29, 1.82) is 0 Å². The average molecular weight is 386 g/mol. The Balaban J connectivity index is 1.84. The van der Waals surface area contributed by atoms with Crippen molar-refractivity contribution in [3.05, 3.63) is 101 Å². The summed E-state index contributed by atoms with van der Waals surface area (Å²) in [7, 11) is 1.56. The second-order valence-corrected chi connectivity index (χ2v) is 6.47. The Labute approximate surface area is 170 Å². The van der Waals surface area contributed by atoms with Crippen molar-refractivity contribution in [2.24, 2.45) is 0 Å². The van der Waals surface area contributed by atoms with Crippen LogP contribution in [0.25, 0.3) is 6.08 Å². The molecule has 0 radical (unpaired) electrons. The summed E-state index contributed by atoms with van der Waals surface area (Å²) < 4.78 is 5.11. The number of nitrogens with one attached hydrogen (secondary N) is 2. The molecule has 0 bridgehead atoms. The van der Waals surface area contributed by atoms with Crippen molar-refractivity contribution in [3.63, 3.8) is 0 Å². The van der Waals surface area contributed by atoms with Gasteiger partial charge in [0.25, 0.3) is 11.8 Å². The van der Waals surface area contributed by atoms with Crippen LogP contribution in [0.4, 0.5) is 5.69 Å². The SMILES string of the molecule is COc1ccc(C(=O)N/C(=C/c2ccccc2)C(=O)Nc2ccc(C)cc2)cc1. The second-order valence-electron chi connectivity index (χ2n) is 6.47. The molecule has 0 aliphatic heterocycles. The molecule has 5 heteroatoms. The van der Waals surface area contributed by atoms with Crippen LogP contribution >= 0.6 is 0 Å². The molecule has 0 heterocycles. The third-order valence-corrected chi connectivity index (χ3v) is 4.27. The summed E-state index contributed by atoms with van der Waals surface area (Å²) in [4.78, 5) is 25.5. The van der Waals surface area contributed by atoms with Crippen LogP contribution in [0.5, 0.6) is 5.75 Å². The first-order chi connectivity index (χ1) is 14.0. The first kappa shape index (κ1) is 19.9. The number of ether oxygens (including phenoxy) is 1. The van der Waals surface area contributed by atoms with E-state index < -0.39 is 5.91 Å². The van der Waals surface area contributed by atoms with Gasteiger partial charge in [-0.1, -0.05) is 48.0 Å². The minimum Gasteiger partial charge on any atom is -0.497 e. The molecule has 3 aromatic carbocycles. The molecular formula is C24H22N2O3. The lowest BCUT2D eigenvalue weighted by Gasteiger charge is -2.12. The minimum absolute atomic E-state index is 0.151. The number of anilines is 1. The highest BCUT2D eigenvalue weighted by molar-refractivity contribution is 6.10. The number of amides is 2. The molecule has 0 atom stereocenters. The summed E-state index contributed by atoms with van der Waals surface area (Å²) in [6.07, 6.45) is 1.64. The maximum absolute atomic E-state index is 12.9. The largest absolute Gasteiger partial charge is 0.497 e. The Morgan fingerprint density at radius 1 is 0.862 bits per heavy atom. The fourth-order valence-electron chi connectivity index (χ4n) is 2.65. The van der Waals surface area contributed by atoms with Gasteiger partial charge in [0.05, 0.1) is 7.11 Å². The van der Waals surface area contributed by atoms with Gasteiger partial charge in [-0.25, -0.2) is 0 Å². The molecule has 29 heavy (non-hydrogen) atoms. The predicted molar refractivity (Wildman–Crippen MR) is 115 cm³/mol. The molecule has 0 aliphatic carbocycles. The van der Waals surface area contributed by atoms with Crippen LogP contribution in [0.2, 0.25) is 0 Å². The second kappa shape index (κ2) is 9.37. The number of rotatable bonds is 6. The Morgan fingerprint density at radius 2 is 1.52 bits per heavy atom. The molecule has 0 spiro atoms. The van der Waals surface area contributed by atoms with E-state index in [0.717, 1.165) is 11.1 Å². The Morgan fingerprint density at radius 3 is 2.14 bits per heavy atom. The van der Waals surface area contributed by atoms with Crippen molar-refractivity contribution in [3.8, 4) is 5.75 Å². The van der Waals surface area contributed by atoms with E-state index >= 15 is 0 Å². The summed E-state index contributed by atoms with van der Waals surface area (Å²) in [5, 5.41) is 5.54. The molecular weight excluding hydrogens is 364 g/mol. The van der Waals surface area contributed by atoms with Gasteiger partial charge in [-0.3, -0.25) is 9.59 Å². The fraction of sp³-hybridized carbons (Fsp3) is 0.0833. The van der Waals surface area contributed by atoms with E-state index in [9.17, 15) is 9.59 Å². The summed E-state index contributed by atoms with van der Waals surface area (Å²) in [6, 6.07) is 23.5. The van der Waals surface area contributed by atoms with Crippen LogP contribution in [0.15, 0.2) is 84.6 Å². The van der Waals surface area contributed by atoms with Crippen LogP contribution in [0.3, 0.4) is 0 Å². The van der Waals surface area contributed by atoms with Crippen molar-refractivity contribution < 1.29 is 14.3 Å². The van der Waals surface area contributed by atoms with Gasteiger partial charge < -0.3 is 15.4 Å². The predicted octanol–water partition coefficient (Wildman–Crippen LogP) is 4.41. The van der Waals surface area contributed by atoms with Gasteiger partial charge in [-0.05, 0) is 55.0 Å². The van der Waals surface area contributed by atoms with Gasteiger partial charge >= 0.3 is 0 Å². The van der Waals surface area contributed by atoms with Crippen LogP contribution in [0, 0.1) is 6.92 Å². The van der Waals surface area contributed by atoms with Crippen LogP contribution < -0.4 is 15.4 Å². The maximum Gasteiger partial charge on any atom is 0.272 e. The van der Waals surface area contributed by atoms with Gasteiger partial charge in [-0.15, -0.1) is 0 Å². The molecule has 2 amide bonds. The van der Waals surface area contributed by atoms with E-state index in [1.165, 1.54) is 0 Å². The van der Waals surface area contributed by atoms with E-state index in [4.69, 9.17) is 4.74 Å². The number of carbonyl (C=O) groups is 2. The third-order valence-electron chi connectivity index (χ3n) is 4.27. The smallest absolute Gasteiger partial charge is 0.272 e. The number of carbonyl (C=O) groups excluding carboxylic acids is 2. The molecule has 0 aliphatic rings. The maximum atomic E-state index is 12.9. The number of aryl methyl sites for hydroxylation is 1. The first-order valence-electron chi connectivity index (χ1n) is 9.15. The van der Waals surface area contributed by atoms with Crippen LogP contribution in [0.1, 0.15) is 21.5 Å². The van der Waals surface area contributed by atoms with Crippen molar-refractivity contribution in [2.45, 2.75) is 6.92 Å². The van der Waals surface area contributed by atoms with Crippen molar-refractivity contribution in [1.82, 2.24) is 5.32 Å². The van der Waals surface area contributed by atoms with E-state index in [-0.39, 0.29) is 11.6 Å². The third kappa shape index (κ3) is 5.56. The number of hydrogen-bond donors (Lipinski definition) is 2. The molecule has 3 rings (SSSR count). The monoisotopic (exact) mass is 386 g/mol. The minimum atomic E-state index is -0.403. The molecule has 0 saturated carbocycles. The molecule has 0 saturated heterocycles. The van der Waals surface area contributed by atoms with E-state index in [1.54, 1.807) is 37.5 Å². The van der Waals surface area contributed by atoms with Crippen molar-refractivity contribution >= 4 is 23.6 Å². The highest BCUT2D eigenvalue weighted by Crippen LogP contribution is 2.14. The molecule has 2 N–H and O–H groups in total. The lowest BCUT2D eigenvalue weighted by Crippen LogP contribution is -2.30. The van der Waals surface area contributed by atoms with E-state index in [0.29, 0.717) is 17.0 Å². The number of benzene rings is 3. The summed E-state index contributed by atoms with van der Waals surface area (Å²) >= 11 is 0. The molecule has 5 nitrogen and oxygen atoms in total. The van der Waals surface area contributed by atoms with Gasteiger partial charge in [0.15, 0.2) is 0 Å². The number of methoxy groups -OCH3 is 1. The van der Waals surface area contributed by atoms with Gasteiger partial charge in [0, 0.05) is 11.3 Å². The highest BCUT2D eigenvalue weighted by Gasteiger charge is 2.15. The standard InChI is InChI=1S/C24H22N2O3/c1-17-8-12-20(13-9-17)25-24(28)22(16-18-6-4-3-5-7-18)26-23(27)19-10-14-21(29-2)15-11-19/h3-16H,1-2H3,(H,25,28)(H,26,27)/b22-16+. The normalized spacial score (nSPS) is 10.9. The van der Waals surface area contributed by atoms with Crippen LogP contribution in [-0.2, 0) is 4.79 Å². The lowest BCUT2D eigenvalue weighted by atomic mass is 10.1. The Kier molecular flexibility index (Phi) is 6.43.